The quantitative estimate of drug-likeness (QED) is 0.673. The van der Waals surface area contributed by atoms with Gasteiger partial charge in [-0.25, -0.2) is 13.1 Å². The van der Waals surface area contributed by atoms with Crippen LogP contribution in [0.1, 0.15) is 39.3 Å². The van der Waals surface area contributed by atoms with Gasteiger partial charge in [-0.3, -0.25) is 0 Å². The molecule has 1 aromatic rings. The molecule has 0 aliphatic carbocycles. The Hall–Kier alpha value is -0.850. The highest BCUT2D eigenvalue weighted by Crippen LogP contribution is 2.12. The van der Waals surface area contributed by atoms with Crippen LogP contribution < -0.4 is 10.0 Å². The molecule has 0 radical (unpaired) electrons. The van der Waals surface area contributed by atoms with Crippen molar-refractivity contribution >= 4 is 10.0 Å². The van der Waals surface area contributed by atoms with Crippen LogP contribution in [-0.2, 0) is 16.6 Å². The third kappa shape index (κ3) is 4.44. The molecule has 0 bridgehead atoms. The topological polar surface area (TPSA) is 74.0 Å². The smallest absolute Gasteiger partial charge is 0.242 e. The second-order valence-corrected chi connectivity index (χ2v) is 6.17. The van der Waals surface area contributed by atoms with Crippen molar-refractivity contribution < 1.29 is 8.42 Å². The summed E-state index contributed by atoms with van der Waals surface area (Å²) in [5, 5.41) is 3.14. The van der Waals surface area contributed by atoms with Crippen molar-refractivity contribution in [1.29, 1.82) is 0 Å². The molecule has 18 heavy (non-hydrogen) atoms. The third-order valence-electron chi connectivity index (χ3n) is 2.67. The number of H-pyrrole nitrogens is 1. The Labute approximate surface area is 109 Å². The van der Waals surface area contributed by atoms with Gasteiger partial charge in [0.1, 0.15) is 0 Å². The number of hydrogen-bond donors (Lipinski definition) is 3. The van der Waals surface area contributed by atoms with Crippen molar-refractivity contribution in [2.24, 2.45) is 0 Å². The van der Waals surface area contributed by atoms with Gasteiger partial charge in [0.05, 0.1) is 4.90 Å². The van der Waals surface area contributed by atoms with Crippen LogP contribution in [0.3, 0.4) is 0 Å². The standard InChI is InChI=1S/C12H23N3O2S/c1-4-6-10(3)15-18(16,17)12-7-11(14-9-12)8-13-5-2/h7,9-10,13-15H,4-6,8H2,1-3H3. The van der Waals surface area contributed by atoms with E-state index in [1.807, 2.05) is 20.8 Å². The first-order valence-corrected chi connectivity index (χ1v) is 7.88. The van der Waals surface area contributed by atoms with Crippen LogP contribution in [0, 0.1) is 0 Å². The second-order valence-electron chi connectivity index (χ2n) is 4.45. The van der Waals surface area contributed by atoms with Crippen molar-refractivity contribution in [3.8, 4) is 0 Å². The predicted molar refractivity (Wildman–Crippen MR) is 72.9 cm³/mol. The Kier molecular flexibility index (Phi) is 5.84. The number of hydrogen-bond acceptors (Lipinski definition) is 3. The van der Waals surface area contributed by atoms with Crippen LogP contribution in [0.15, 0.2) is 17.2 Å². The molecule has 1 atom stereocenters. The molecule has 1 unspecified atom stereocenters. The number of nitrogens with one attached hydrogen (secondary N) is 3. The van der Waals surface area contributed by atoms with Crippen LogP contribution >= 0.6 is 0 Å². The molecule has 0 fully saturated rings. The molecule has 0 saturated heterocycles. The zero-order valence-electron chi connectivity index (χ0n) is 11.3. The zero-order valence-corrected chi connectivity index (χ0v) is 12.1. The lowest BCUT2D eigenvalue weighted by Gasteiger charge is -2.11. The molecule has 104 valence electrons. The minimum absolute atomic E-state index is 0.0351. The molecule has 5 nitrogen and oxygen atoms in total. The van der Waals surface area contributed by atoms with Crippen LogP contribution in [0.4, 0.5) is 0 Å². The van der Waals surface area contributed by atoms with E-state index in [9.17, 15) is 8.42 Å². The summed E-state index contributed by atoms with van der Waals surface area (Å²) in [5.41, 5.74) is 0.875. The first-order chi connectivity index (χ1) is 8.49. The highest BCUT2D eigenvalue weighted by atomic mass is 32.2. The van der Waals surface area contributed by atoms with E-state index in [-0.39, 0.29) is 6.04 Å². The maximum atomic E-state index is 12.1. The Balaban J connectivity index is 2.69. The molecule has 1 heterocycles. The Bertz CT molecular complexity index is 454. The highest BCUT2D eigenvalue weighted by molar-refractivity contribution is 7.89. The van der Waals surface area contributed by atoms with Gasteiger partial charge >= 0.3 is 0 Å². The SMILES string of the molecule is CCCC(C)NS(=O)(=O)c1c[nH]c(CNCC)c1. The number of rotatable bonds is 8. The molecule has 3 N–H and O–H groups in total. The fraction of sp³-hybridized carbons (Fsp3) is 0.667. The van der Waals surface area contributed by atoms with Crippen molar-refractivity contribution in [3.05, 3.63) is 18.0 Å². The summed E-state index contributed by atoms with van der Waals surface area (Å²) < 4.78 is 26.8. The van der Waals surface area contributed by atoms with E-state index >= 15 is 0 Å². The van der Waals surface area contributed by atoms with Gasteiger partial charge in [0, 0.05) is 24.5 Å². The molecular formula is C12H23N3O2S. The van der Waals surface area contributed by atoms with Gasteiger partial charge in [-0.05, 0) is 26.0 Å². The third-order valence-corrected chi connectivity index (χ3v) is 4.24. The van der Waals surface area contributed by atoms with E-state index in [4.69, 9.17) is 0 Å². The minimum Gasteiger partial charge on any atom is -0.363 e. The van der Waals surface area contributed by atoms with E-state index in [0.717, 1.165) is 25.1 Å². The summed E-state index contributed by atoms with van der Waals surface area (Å²) >= 11 is 0. The van der Waals surface area contributed by atoms with E-state index < -0.39 is 10.0 Å². The summed E-state index contributed by atoms with van der Waals surface area (Å²) in [6.45, 7) is 7.43. The van der Waals surface area contributed by atoms with Gasteiger partial charge in [-0.15, -0.1) is 0 Å². The first kappa shape index (κ1) is 15.2. The van der Waals surface area contributed by atoms with Crippen LogP contribution in [0.25, 0.3) is 0 Å². The molecule has 0 spiro atoms. The number of aromatic amines is 1. The predicted octanol–water partition coefficient (Wildman–Crippen LogP) is 1.59. The first-order valence-electron chi connectivity index (χ1n) is 6.40. The molecule has 0 aliphatic rings. The van der Waals surface area contributed by atoms with Crippen molar-refractivity contribution in [2.45, 2.75) is 51.1 Å². The Morgan fingerprint density at radius 2 is 2.11 bits per heavy atom. The van der Waals surface area contributed by atoms with Gasteiger partial charge < -0.3 is 10.3 Å². The molecular weight excluding hydrogens is 250 g/mol. The van der Waals surface area contributed by atoms with E-state index in [1.165, 1.54) is 6.20 Å². The molecule has 6 heteroatoms. The van der Waals surface area contributed by atoms with Gasteiger partial charge in [-0.1, -0.05) is 20.3 Å². The van der Waals surface area contributed by atoms with E-state index in [0.29, 0.717) is 11.4 Å². The summed E-state index contributed by atoms with van der Waals surface area (Å²) in [5.74, 6) is 0. The lowest BCUT2D eigenvalue weighted by atomic mass is 10.2. The molecule has 1 rings (SSSR count). The maximum absolute atomic E-state index is 12.1. The largest absolute Gasteiger partial charge is 0.363 e. The van der Waals surface area contributed by atoms with Gasteiger partial charge in [-0.2, -0.15) is 0 Å². The zero-order chi connectivity index (χ0) is 13.6. The van der Waals surface area contributed by atoms with Gasteiger partial charge in [0.15, 0.2) is 0 Å². The number of sulfonamides is 1. The monoisotopic (exact) mass is 273 g/mol. The Morgan fingerprint density at radius 3 is 2.72 bits per heavy atom. The van der Waals surface area contributed by atoms with Crippen LogP contribution in [0.5, 0.6) is 0 Å². The van der Waals surface area contributed by atoms with Crippen molar-refractivity contribution in [2.75, 3.05) is 6.54 Å². The van der Waals surface area contributed by atoms with Crippen LogP contribution in [0.2, 0.25) is 0 Å². The molecule has 0 aromatic carbocycles. The summed E-state index contributed by atoms with van der Waals surface area (Å²) in [6.07, 6.45) is 3.34. The molecule has 1 aromatic heterocycles. The normalized spacial score (nSPS) is 13.7. The van der Waals surface area contributed by atoms with E-state index in [1.54, 1.807) is 6.07 Å². The summed E-state index contributed by atoms with van der Waals surface area (Å²) in [4.78, 5) is 3.27. The van der Waals surface area contributed by atoms with E-state index in [2.05, 4.69) is 15.0 Å². The van der Waals surface area contributed by atoms with Crippen molar-refractivity contribution in [3.63, 3.8) is 0 Å². The van der Waals surface area contributed by atoms with Gasteiger partial charge in [0.25, 0.3) is 0 Å². The second kappa shape index (κ2) is 6.92. The fourth-order valence-corrected chi connectivity index (χ4v) is 3.06. The average molecular weight is 273 g/mol. The average Bonchev–Trinajstić information content (AvgIpc) is 2.75. The van der Waals surface area contributed by atoms with Crippen LogP contribution in [-0.4, -0.2) is 26.0 Å². The fourth-order valence-electron chi connectivity index (χ4n) is 1.76. The molecule has 0 amide bonds. The maximum Gasteiger partial charge on any atom is 0.242 e. The molecule has 0 saturated carbocycles. The summed E-state index contributed by atoms with van der Waals surface area (Å²) in [6, 6.07) is 1.64. The lowest BCUT2D eigenvalue weighted by molar-refractivity contribution is 0.544. The molecule has 0 aliphatic heterocycles. The lowest BCUT2D eigenvalue weighted by Crippen LogP contribution is -2.32. The Morgan fingerprint density at radius 1 is 1.39 bits per heavy atom. The van der Waals surface area contributed by atoms with Crippen molar-refractivity contribution in [1.82, 2.24) is 15.0 Å². The van der Waals surface area contributed by atoms with Gasteiger partial charge in [0.2, 0.25) is 10.0 Å². The highest BCUT2D eigenvalue weighted by Gasteiger charge is 2.18. The number of aromatic nitrogens is 1. The summed E-state index contributed by atoms with van der Waals surface area (Å²) in [7, 11) is -3.39. The minimum atomic E-state index is -3.39.